The van der Waals surface area contributed by atoms with Crippen molar-refractivity contribution >= 4 is 5.97 Å². The van der Waals surface area contributed by atoms with Crippen LogP contribution >= 0.6 is 0 Å². The number of aliphatic hydroxyl groups excluding tert-OH is 1. The van der Waals surface area contributed by atoms with Crippen molar-refractivity contribution in [1.82, 2.24) is 0 Å². The van der Waals surface area contributed by atoms with Crippen LogP contribution in [-0.4, -0.2) is 24.3 Å². The van der Waals surface area contributed by atoms with Crippen molar-refractivity contribution in [1.29, 1.82) is 0 Å². The van der Waals surface area contributed by atoms with Crippen molar-refractivity contribution in [3.8, 4) is 0 Å². The molecule has 0 rings (SSSR count). The van der Waals surface area contributed by atoms with E-state index in [4.69, 9.17) is 0 Å². The Balaban J connectivity index is 3.15. The summed E-state index contributed by atoms with van der Waals surface area (Å²) in [7, 11) is 1.32. The molecule has 1 atom stereocenters. The number of hydrogen-bond donors (Lipinski definition) is 1. The highest BCUT2D eigenvalue weighted by atomic mass is 16.5. The molecular weight excluding hydrogens is 336 g/mol. The predicted octanol–water partition coefficient (Wildman–Crippen LogP) is 7.12. The molecule has 0 aromatic carbocycles. The normalized spacial score (nSPS) is 12.6. The first-order valence-corrected chi connectivity index (χ1v) is 11.6. The van der Waals surface area contributed by atoms with Crippen molar-refractivity contribution in [2.24, 2.45) is 0 Å². The summed E-state index contributed by atoms with van der Waals surface area (Å²) in [5, 5.41) is 9.48. The fourth-order valence-electron chi connectivity index (χ4n) is 3.37. The van der Waals surface area contributed by atoms with Crippen LogP contribution in [0.3, 0.4) is 0 Å². The van der Waals surface area contributed by atoms with E-state index < -0.39 is 12.1 Å². The number of esters is 1. The summed E-state index contributed by atoms with van der Waals surface area (Å²) in [6, 6.07) is 0. The van der Waals surface area contributed by atoms with Crippen molar-refractivity contribution in [3.05, 3.63) is 12.2 Å². The van der Waals surface area contributed by atoms with Gasteiger partial charge < -0.3 is 9.84 Å². The predicted molar refractivity (Wildman–Crippen MR) is 116 cm³/mol. The van der Waals surface area contributed by atoms with Crippen molar-refractivity contribution < 1.29 is 14.6 Å². The molecule has 0 saturated heterocycles. The lowest BCUT2D eigenvalue weighted by Gasteiger charge is -2.07. The number of unbranched alkanes of at least 4 members (excludes halogenated alkanes) is 15. The van der Waals surface area contributed by atoms with E-state index in [1.165, 1.54) is 103 Å². The van der Waals surface area contributed by atoms with Crippen LogP contribution in [0.1, 0.15) is 122 Å². The number of ether oxygens (including phenoxy) is 1. The molecule has 0 amide bonds. The molecular formula is C24H46O3. The van der Waals surface area contributed by atoms with Crippen LogP contribution in [-0.2, 0) is 9.53 Å². The first kappa shape index (κ1) is 26.2. The van der Waals surface area contributed by atoms with Crippen LogP contribution in [0.5, 0.6) is 0 Å². The molecule has 0 aromatic rings. The minimum absolute atomic E-state index is 0.506. The molecule has 0 saturated carbocycles. The lowest BCUT2D eigenvalue weighted by Crippen LogP contribution is -2.21. The van der Waals surface area contributed by atoms with Crippen LogP contribution in [0.2, 0.25) is 0 Å². The second-order valence-corrected chi connectivity index (χ2v) is 7.83. The fourth-order valence-corrected chi connectivity index (χ4v) is 3.37. The maximum Gasteiger partial charge on any atom is 0.334 e. The van der Waals surface area contributed by atoms with Crippen LogP contribution in [0.15, 0.2) is 12.2 Å². The van der Waals surface area contributed by atoms with Crippen molar-refractivity contribution in [3.63, 3.8) is 0 Å². The van der Waals surface area contributed by atoms with Gasteiger partial charge in [0.25, 0.3) is 0 Å². The Labute approximate surface area is 169 Å². The minimum atomic E-state index is -0.934. The molecule has 0 aliphatic heterocycles. The molecule has 160 valence electrons. The van der Waals surface area contributed by atoms with E-state index in [9.17, 15) is 9.90 Å². The molecule has 0 unspecified atom stereocenters. The van der Waals surface area contributed by atoms with Gasteiger partial charge in [-0.05, 0) is 32.1 Å². The number of hydrogen-bond acceptors (Lipinski definition) is 3. The van der Waals surface area contributed by atoms with Gasteiger partial charge in [0.05, 0.1) is 7.11 Å². The first-order valence-electron chi connectivity index (χ1n) is 11.6. The maximum atomic E-state index is 11.1. The highest BCUT2D eigenvalue weighted by molar-refractivity contribution is 5.74. The van der Waals surface area contributed by atoms with Crippen LogP contribution in [0, 0.1) is 0 Å². The molecule has 0 fully saturated rings. The topological polar surface area (TPSA) is 46.5 Å². The second kappa shape index (κ2) is 21.5. The Morgan fingerprint density at radius 2 is 1.15 bits per heavy atom. The van der Waals surface area contributed by atoms with Gasteiger partial charge in [0, 0.05) is 0 Å². The summed E-state index contributed by atoms with van der Waals surface area (Å²) in [5.74, 6) is -0.506. The second-order valence-electron chi connectivity index (χ2n) is 7.83. The Kier molecular flexibility index (Phi) is 20.8. The molecule has 3 heteroatoms. The summed E-state index contributed by atoms with van der Waals surface area (Å²) in [6.45, 7) is 2.26. The number of methoxy groups -OCH3 is 1. The molecule has 0 radical (unpaired) electrons. The van der Waals surface area contributed by atoms with Gasteiger partial charge in [0.15, 0.2) is 6.10 Å². The van der Waals surface area contributed by atoms with Gasteiger partial charge in [-0.15, -0.1) is 0 Å². The lowest BCUT2D eigenvalue weighted by atomic mass is 10.0. The van der Waals surface area contributed by atoms with Crippen LogP contribution < -0.4 is 0 Å². The summed E-state index contributed by atoms with van der Waals surface area (Å²) in [4.78, 5) is 11.1. The molecule has 0 spiro atoms. The van der Waals surface area contributed by atoms with Crippen LogP contribution in [0.25, 0.3) is 0 Å². The van der Waals surface area contributed by atoms with Crippen molar-refractivity contribution in [2.75, 3.05) is 7.11 Å². The van der Waals surface area contributed by atoms with E-state index in [0.717, 1.165) is 12.8 Å². The van der Waals surface area contributed by atoms with Gasteiger partial charge in [-0.25, -0.2) is 4.79 Å². The third-order valence-corrected chi connectivity index (χ3v) is 5.21. The Morgan fingerprint density at radius 3 is 1.59 bits per heavy atom. The molecule has 0 aliphatic carbocycles. The molecule has 1 N–H and O–H groups in total. The molecule has 0 aromatic heterocycles. The summed E-state index contributed by atoms with van der Waals surface area (Å²) >= 11 is 0. The Hall–Kier alpha value is -0.830. The zero-order chi connectivity index (χ0) is 20.0. The summed E-state index contributed by atoms with van der Waals surface area (Å²) in [6.07, 6.45) is 26.4. The summed E-state index contributed by atoms with van der Waals surface area (Å²) < 4.78 is 4.51. The van der Waals surface area contributed by atoms with E-state index in [-0.39, 0.29) is 0 Å². The van der Waals surface area contributed by atoms with Gasteiger partial charge in [0.2, 0.25) is 0 Å². The third kappa shape index (κ3) is 19.7. The number of rotatable bonds is 20. The van der Waals surface area contributed by atoms with Crippen molar-refractivity contribution in [2.45, 2.75) is 129 Å². The molecule has 3 nitrogen and oxygen atoms in total. The average Bonchev–Trinajstić information content (AvgIpc) is 2.68. The van der Waals surface area contributed by atoms with Gasteiger partial charge in [-0.1, -0.05) is 103 Å². The minimum Gasteiger partial charge on any atom is -0.467 e. The standard InChI is InChI=1S/C24H46O3/c1-3-4-5-6-7-8-9-10-11-12-13-14-15-16-17-18-19-20-21-22-23(25)24(26)27-2/h8-9,23,25H,3-7,10-22H2,1-2H3/b9-8-/t23-/m1/s1. The van der Waals surface area contributed by atoms with Gasteiger partial charge in [-0.2, -0.15) is 0 Å². The SMILES string of the molecule is CCCCCC/C=C\CCCCCCCCCCCCC[C@@H](O)C(=O)OC. The highest BCUT2D eigenvalue weighted by Crippen LogP contribution is 2.13. The number of carbonyl (C=O) groups is 1. The van der Waals surface area contributed by atoms with E-state index in [1.54, 1.807) is 0 Å². The smallest absolute Gasteiger partial charge is 0.334 e. The Morgan fingerprint density at radius 1 is 0.741 bits per heavy atom. The number of carbonyl (C=O) groups excluding carboxylic acids is 1. The molecule has 0 bridgehead atoms. The molecule has 0 heterocycles. The average molecular weight is 383 g/mol. The lowest BCUT2D eigenvalue weighted by molar-refractivity contribution is -0.150. The van der Waals surface area contributed by atoms with Gasteiger partial charge >= 0.3 is 5.97 Å². The molecule has 0 aliphatic rings. The maximum absolute atomic E-state index is 11.1. The molecule has 27 heavy (non-hydrogen) atoms. The van der Waals surface area contributed by atoms with Gasteiger partial charge in [0.1, 0.15) is 0 Å². The van der Waals surface area contributed by atoms with E-state index in [0.29, 0.717) is 6.42 Å². The zero-order valence-electron chi connectivity index (χ0n) is 18.2. The van der Waals surface area contributed by atoms with E-state index in [2.05, 4.69) is 23.8 Å². The largest absolute Gasteiger partial charge is 0.467 e. The van der Waals surface area contributed by atoms with E-state index in [1.807, 2.05) is 0 Å². The third-order valence-electron chi connectivity index (χ3n) is 5.21. The Bertz CT molecular complexity index is 339. The van der Waals surface area contributed by atoms with Gasteiger partial charge in [-0.3, -0.25) is 0 Å². The van der Waals surface area contributed by atoms with Crippen LogP contribution in [0.4, 0.5) is 0 Å². The zero-order valence-corrected chi connectivity index (χ0v) is 18.2. The number of allylic oxidation sites excluding steroid dienone is 2. The first-order chi connectivity index (χ1) is 13.2. The summed E-state index contributed by atoms with van der Waals surface area (Å²) in [5.41, 5.74) is 0. The van der Waals surface area contributed by atoms with E-state index >= 15 is 0 Å². The monoisotopic (exact) mass is 382 g/mol. The fraction of sp³-hybridized carbons (Fsp3) is 0.875. The number of aliphatic hydroxyl groups is 1. The quantitative estimate of drug-likeness (QED) is 0.138. The highest BCUT2D eigenvalue weighted by Gasteiger charge is 2.13.